The summed E-state index contributed by atoms with van der Waals surface area (Å²) in [6.07, 6.45) is 2.17. The van der Waals surface area contributed by atoms with Gasteiger partial charge in [0.1, 0.15) is 0 Å². The van der Waals surface area contributed by atoms with E-state index in [1.807, 2.05) is 13.8 Å². The molecule has 1 aromatic heterocycles. The summed E-state index contributed by atoms with van der Waals surface area (Å²) in [5, 5.41) is 5.68. The molecule has 1 rings (SSSR count). The quantitative estimate of drug-likeness (QED) is 0.660. The predicted octanol–water partition coefficient (Wildman–Crippen LogP) is 3.58. The summed E-state index contributed by atoms with van der Waals surface area (Å²) in [6, 6.07) is 4.71. The average Bonchev–Trinajstić information content (AvgIpc) is 2.88. The molecule has 104 valence electrons. The molecule has 0 saturated heterocycles. The first-order valence-corrected chi connectivity index (χ1v) is 7.69. The molecule has 0 aromatic carbocycles. The molecule has 0 aliphatic rings. The number of hydrogen-bond donors (Lipinski definition) is 1. The number of ether oxygens (including phenoxy) is 2. The van der Waals surface area contributed by atoms with Gasteiger partial charge in [0.2, 0.25) is 0 Å². The number of thiophene rings is 1. The van der Waals surface area contributed by atoms with Crippen LogP contribution in [0.3, 0.4) is 0 Å². The van der Waals surface area contributed by atoms with Crippen molar-refractivity contribution in [3.63, 3.8) is 0 Å². The maximum Gasteiger partial charge on any atom is 0.169 e. The summed E-state index contributed by atoms with van der Waals surface area (Å²) >= 11 is 1.81. The van der Waals surface area contributed by atoms with Crippen LogP contribution in [0.5, 0.6) is 0 Å². The Balaban J connectivity index is 2.45. The van der Waals surface area contributed by atoms with E-state index in [0.29, 0.717) is 19.3 Å². The molecule has 1 heterocycles. The van der Waals surface area contributed by atoms with Crippen molar-refractivity contribution in [3.05, 3.63) is 22.4 Å². The molecule has 1 unspecified atom stereocenters. The molecule has 0 saturated carbocycles. The SMILES string of the molecule is CCCC(NCC(OCC)OCC)c1cccs1. The minimum absolute atomic E-state index is 0.140. The second kappa shape index (κ2) is 9.50. The molecule has 0 bridgehead atoms. The van der Waals surface area contributed by atoms with Crippen LogP contribution in [0, 0.1) is 0 Å². The highest BCUT2D eigenvalue weighted by molar-refractivity contribution is 7.10. The first kappa shape index (κ1) is 15.6. The first-order chi connectivity index (χ1) is 8.81. The van der Waals surface area contributed by atoms with Gasteiger partial charge >= 0.3 is 0 Å². The largest absolute Gasteiger partial charge is 0.352 e. The van der Waals surface area contributed by atoms with E-state index in [9.17, 15) is 0 Å². The van der Waals surface area contributed by atoms with Gasteiger partial charge in [0.15, 0.2) is 6.29 Å². The summed E-state index contributed by atoms with van der Waals surface area (Å²) in [5.41, 5.74) is 0. The van der Waals surface area contributed by atoms with Crippen molar-refractivity contribution in [2.45, 2.75) is 45.9 Å². The van der Waals surface area contributed by atoms with Crippen LogP contribution in [-0.2, 0) is 9.47 Å². The Hall–Kier alpha value is -0.420. The standard InChI is InChI=1S/C14H25NO2S/c1-4-8-12(13-9-7-10-18-13)15-11-14(16-5-2)17-6-3/h7,9-10,12,14-15H,4-6,8,11H2,1-3H3. The summed E-state index contributed by atoms with van der Waals surface area (Å²) in [5.74, 6) is 0. The molecule has 1 aromatic rings. The molecule has 0 spiro atoms. The summed E-state index contributed by atoms with van der Waals surface area (Å²) in [6.45, 7) is 8.31. The van der Waals surface area contributed by atoms with Crippen LogP contribution in [0.15, 0.2) is 17.5 Å². The van der Waals surface area contributed by atoms with Crippen LogP contribution in [-0.4, -0.2) is 26.0 Å². The van der Waals surface area contributed by atoms with Crippen molar-refractivity contribution in [1.82, 2.24) is 5.32 Å². The highest BCUT2D eigenvalue weighted by Gasteiger charge is 2.14. The van der Waals surface area contributed by atoms with Crippen molar-refractivity contribution >= 4 is 11.3 Å². The molecule has 3 nitrogen and oxygen atoms in total. The maximum absolute atomic E-state index is 5.55. The summed E-state index contributed by atoms with van der Waals surface area (Å²) < 4.78 is 11.1. The van der Waals surface area contributed by atoms with Gasteiger partial charge in [-0.2, -0.15) is 0 Å². The smallest absolute Gasteiger partial charge is 0.169 e. The maximum atomic E-state index is 5.55. The van der Waals surface area contributed by atoms with Gasteiger partial charge in [0.05, 0.1) is 0 Å². The van der Waals surface area contributed by atoms with E-state index in [1.54, 1.807) is 11.3 Å². The Bertz CT molecular complexity index is 284. The first-order valence-electron chi connectivity index (χ1n) is 6.81. The summed E-state index contributed by atoms with van der Waals surface area (Å²) in [4.78, 5) is 1.39. The zero-order chi connectivity index (χ0) is 13.2. The lowest BCUT2D eigenvalue weighted by atomic mass is 10.1. The van der Waals surface area contributed by atoms with Gasteiger partial charge in [-0.15, -0.1) is 11.3 Å². The topological polar surface area (TPSA) is 30.5 Å². The van der Waals surface area contributed by atoms with Crippen LogP contribution < -0.4 is 5.32 Å². The lowest BCUT2D eigenvalue weighted by Gasteiger charge is -2.22. The van der Waals surface area contributed by atoms with Gasteiger partial charge in [-0.1, -0.05) is 19.4 Å². The van der Waals surface area contributed by atoms with Crippen LogP contribution >= 0.6 is 11.3 Å². The summed E-state index contributed by atoms with van der Waals surface area (Å²) in [7, 11) is 0. The van der Waals surface area contributed by atoms with E-state index in [0.717, 1.165) is 13.0 Å². The number of hydrogen-bond acceptors (Lipinski definition) is 4. The van der Waals surface area contributed by atoms with Crippen molar-refractivity contribution in [2.75, 3.05) is 19.8 Å². The minimum atomic E-state index is -0.140. The van der Waals surface area contributed by atoms with Crippen LogP contribution in [0.4, 0.5) is 0 Å². The molecule has 1 atom stereocenters. The average molecular weight is 271 g/mol. The fraction of sp³-hybridized carbons (Fsp3) is 0.714. The molecule has 18 heavy (non-hydrogen) atoms. The molecule has 0 amide bonds. The lowest BCUT2D eigenvalue weighted by Crippen LogP contribution is -2.33. The van der Waals surface area contributed by atoms with Crippen molar-refractivity contribution < 1.29 is 9.47 Å². The zero-order valence-corrected chi connectivity index (χ0v) is 12.5. The third-order valence-corrected chi connectivity index (χ3v) is 3.69. The lowest BCUT2D eigenvalue weighted by molar-refractivity contribution is -0.133. The fourth-order valence-corrected chi connectivity index (χ4v) is 2.74. The molecule has 1 N–H and O–H groups in total. The van der Waals surface area contributed by atoms with Gasteiger partial charge in [-0.05, 0) is 31.7 Å². The van der Waals surface area contributed by atoms with E-state index < -0.39 is 0 Å². The Morgan fingerprint density at radius 2 is 1.94 bits per heavy atom. The van der Waals surface area contributed by atoms with E-state index >= 15 is 0 Å². The Morgan fingerprint density at radius 3 is 2.44 bits per heavy atom. The van der Waals surface area contributed by atoms with Crippen molar-refractivity contribution in [1.29, 1.82) is 0 Å². The monoisotopic (exact) mass is 271 g/mol. The van der Waals surface area contributed by atoms with Gasteiger partial charge < -0.3 is 14.8 Å². The Labute approximate surface area is 114 Å². The molecular formula is C14H25NO2S. The van der Waals surface area contributed by atoms with E-state index in [2.05, 4.69) is 29.8 Å². The third kappa shape index (κ3) is 5.48. The number of rotatable bonds is 10. The molecule has 0 aliphatic heterocycles. The van der Waals surface area contributed by atoms with E-state index in [1.165, 1.54) is 11.3 Å². The van der Waals surface area contributed by atoms with E-state index in [-0.39, 0.29) is 6.29 Å². The van der Waals surface area contributed by atoms with Crippen LogP contribution in [0.2, 0.25) is 0 Å². The highest BCUT2D eigenvalue weighted by atomic mass is 32.1. The zero-order valence-electron chi connectivity index (χ0n) is 11.6. The second-order valence-electron chi connectivity index (χ2n) is 4.11. The molecule has 0 radical (unpaired) electrons. The third-order valence-electron chi connectivity index (χ3n) is 2.70. The van der Waals surface area contributed by atoms with Crippen molar-refractivity contribution in [2.24, 2.45) is 0 Å². The normalized spacial score (nSPS) is 13.1. The molecule has 4 heteroatoms. The molecule has 0 fully saturated rings. The minimum Gasteiger partial charge on any atom is -0.352 e. The predicted molar refractivity (Wildman–Crippen MR) is 77.0 cm³/mol. The van der Waals surface area contributed by atoms with Gasteiger partial charge in [0, 0.05) is 30.7 Å². The van der Waals surface area contributed by atoms with Gasteiger partial charge in [-0.3, -0.25) is 0 Å². The highest BCUT2D eigenvalue weighted by Crippen LogP contribution is 2.23. The van der Waals surface area contributed by atoms with Crippen LogP contribution in [0.25, 0.3) is 0 Å². The van der Waals surface area contributed by atoms with Gasteiger partial charge in [-0.25, -0.2) is 0 Å². The van der Waals surface area contributed by atoms with Gasteiger partial charge in [0.25, 0.3) is 0 Å². The molecular weight excluding hydrogens is 246 g/mol. The Morgan fingerprint density at radius 1 is 1.22 bits per heavy atom. The Kier molecular flexibility index (Phi) is 8.25. The van der Waals surface area contributed by atoms with E-state index in [4.69, 9.17) is 9.47 Å². The molecule has 0 aliphatic carbocycles. The van der Waals surface area contributed by atoms with Crippen LogP contribution in [0.1, 0.15) is 44.5 Å². The van der Waals surface area contributed by atoms with Crippen molar-refractivity contribution in [3.8, 4) is 0 Å². The number of nitrogens with one attached hydrogen (secondary N) is 1. The second-order valence-corrected chi connectivity index (χ2v) is 5.08. The fourth-order valence-electron chi connectivity index (χ4n) is 1.90.